The largest absolute Gasteiger partial charge is 0.354 e. The number of nitrogens with zero attached hydrogens (tertiary/aromatic N) is 6. The third kappa shape index (κ3) is 3.04. The van der Waals surface area contributed by atoms with Gasteiger partial charge in [-0.25, -0.2) is 14.8 Å². The Morgan fingerprint density at radius 3 is 2.28 bits per heavy atom. The van der Waals surface area contributed by atoms with Crippen LogP contribution in [-0.2, 0) is 20.5 Å². The topological polar surface area (TPSA) is 76.3 Å². The summed E-state index contributed by atoms with van der Waals surface area (Å²) in [5, 5.41) is 0. The van der Waals surface area contributed by atoms with Crippen molar-refractivity contribution in [2.24, 2.45) is 14.1 Å². The first-order valence-corrected chi connectivity index (χ1v) is 8.51. The first-order valence-electron chi connectivity index (χ1n) is 8.51. The molecule has 1 fully saturated rings. The summed E-state index contributed by atoms with van der Waals surface area (Å²) in [6.07, 6.45) is 2.51. The number of aryl methyl sites for hydroxylation is 1. The summed E-state index contributed by atoms with van der Waals surface area (Å²) < 4.78 is 2.65. The maximum Gasteiger partial charge on any atom is 0.332 e. The van der Waals surface area contributed by atoms with Crippen LogP contribution in [0.5, 0.6) is 0 Å². The first-order chi connectivity index (χ1) is 11.9. The molecule has 0 spiro atoms. The van der Waals surface area contributed by atoms with Crippen LogP contribution in [0.15, 0.2) is 22.0 Å². The van der Waals surface area contributed by atoms with Gasteiger partial charge in [0.15, 0.2) is 0 Å². The molecule has 1 aliphatic rings. The molecule has 8 heteroatoms. The van der Waals surface area contributed by atoms with E-state index in [1.807, 2.05) is 6.92 Å². The second kappa shape index (κ2) is 6.70. The number of aromatic nitrogens is 4. The van der Waals surface area contributed by atoms with Gasteiger partial charge in [-0.2, -0.15) is 0 Å². The Morgan fingerprint density at radius 1 is 1.00 bits per heavy atom. The standard InChI is InChI=1S/C17H24N6O2/c1-5-13-12(2)18-11-19-16(13)23-8-6-22(7-9-23)14-10-15(24)21(4)17(25)20(14)3/h10-11H,5-9H2,1-4H3. The summed E-state index contributed by atoms with van der Waals surface area (Å²) in [6, 6.07) is 1.53. The molecule has 2 aromatic heterocycles. The molecule has 0 N–H and O–H groups in total. The minimum atomic E-state index is -0.301. The predicted octanol–water partition coefficient (Wildman–Crippen LogP) is 0.0714. The fourth-order valence-electron chi connectivity index (χ4n) is 3.35. The molecule has 8 nitrogen and oxygen atoms in total. The number of hydrogen-bond donors (Lipinski definition) is 0. The van der Waals surface area contributed by atoms with Crippen LogP contribution in [-0.4, -0.2) is 45.3 Å². The summed E-state index contributed by atoms with van der Waals surface area (Å²) in [5.41, 5.74) is 1.62. The molecule has 0 saturated carbocycles. The van der Waals surface area contributed by atoms with Gasteiger partial charge in [-0.3, -0.25) is 13.9 Å². The van der Waals surface area contributed by atoms with E-state index in [9.17, 15) is 9.59 Å². The van der Waals surface area contributed by atoms with Gasteiger partial charge in [0.1, 0.15) is 18.0 Å². The molecule has 134 valence electrons. The van der Waals surface area contributed by atoms with E-state index in [1.54, 1.807) is 13.4 Å². The zero-order chi connectivity index (χ0) is 18.1. The molecular formula is C17H24N6O2. The molecule has 3 heterocycles. The third-order valence-electron chi connectivity index (χ3n) is 4.90. The second-order valence-electron chi connectivity index (χ2n) is 6.33. The minimum Gasteiger partial charge on any atom is -0.354 e. The maximum absolute atomic E-state index is 12.1. The highest BCUT2D eigenvalue weighted by Gasteiger charge is 2.23. The Hall–Kier alpha value is -2.64. The molecule has 25 heavy (non-hydrogen) atoms. The molecule has 0 bridgehead atoms. The van der Waals surface area contributed by atoms with Crippen molar-refractivity contribution in [3.63, 3.8) is 0 Å². The smallest absolute Gasteiger partial charge is 0.332 e. The maximum atomic E-state index is 12.1. The lowest BCUT2D eigenvalue weighted by Gasteiger charge is -2.37. The van der Waals surface area contributed by atoms with Crippen molar-refractivity contribution in [3.8, 4) is 0 Å². The van der Waals surface area contributed by atoms with Gasteiger partial charge < -0.3 is 9.80 Å². The lowest BCUT2D eigenvalue weighted by atomic mass is 10.1. The van der Waals surface area contributed by atoms with E-state index in [0.717, 1.165) is 48.7 Å². The third-order valence-corrected chi connectivity index (χ3v) is 4.90. The zero-order valence-electron chi connectivity index (χ0n) is 15.2. The number of piperazine rings is 1. The SMILES string of the molecule is CCc1c(C)ncnc1N1CCN(c2cc(=O)n(C)c(=O)n2C)CC1. The first kappa shape index (κ1) is 17.2. The Morgan fingerprint density at radius 2 is 1.64 bits per heavy atom. The Labute approximate surface area is 146 Å². The summed E-state index contributed by atoms with van der Waals surface area (Å²) in [5.74, 6) is 1.66. The van der Waals surface area contributed by atoms with Crippen LogP contribution in [0.25, 0.3) is 0 Å². The van der Waals surface area contributed by atoms with Crippen molar-refractivity contribution in [3.05, 3.63) is 44.5 Å². The fraction of sp³-hybridized carbons (Fsp3) is 0.529. The number of hydrogen-bond acceptors (Lipinski definition) is 6. The summed E-state index contributed by atoms with van der Waals surface area (Å²) in [4.78, 5) is 37.2. The predicted molar refractivity (Wildman–Crippen MR) is 97.5 cm³/mol. The molecule has 3 rings (SSSR count). The molecule has 1 aliphatic heterocycles. The van der Waals surface area contributed by atoms with Gasteiger partial charge >= 0.3 is 5.69 Å². The molecule has 0 unspecified atom stereocenters. The van der Waals surface area contributed by atoms with E-state index in [2.05, 4.69) is 26.7 Å². The van der Waals surface area contributed by atoms with Crippen LogP contribution in [0.4, 0.5) is 11.6 Å². The highest BCUT2D eigenvalue weighted by atomic mass is 16.2. The molecule has 0 amide bonds. The number of anilines is 2. The highest BCUT2D eigenvalue weighted by Crippen LogP contribution is 2.22. The van der Waals surface area contributed by atoms with Gasteiger partial charge in [0.2, 0.25) is 0 Å². The average molecular weight is 344 g/mol. The van der Waals surface area contributed by atoms with Crippen molar-refractivity contribution in [2.75, 3.05) is 36.0 Å². The van der Waals surface area contributed by atoms with E-state index in [-0.39, 0.29) is 11.2 Å². The van der Waals surface area contributed by atoms with Crippen molar-refractivity contribution < 1.29 is 0 Å². The second-order valence-corrected chi connectivity index (χ2v) is 6.33. The van der Waals surface area contributed by atoms with E-state index in [4.69, 9.17) is 0 Å². The van der Waals surface area contributed by atoms with Gasteiger partial charge in [0.25, 0.3) is 5.56 Å². The lowest BCUT2D eigenvalue weighted by Crippen LogP contribution is -2.50. The van der Waals surface area contributed by atoms with E-state index in [1.165, 1.54) is 23.2 Å². The van der Waals surface area contributed by atoms with Crippen molar-refractivity contribution in [1.29, 1.82) is 0 Å². The van der Waals surface area contributed by atoms with Crippen LogP contribution in [0.3, 0.4) is 0 Å². The summed E-state index contributed by atoms with van der Waals surface area (Å²) in [6.45, 7) is 7.15. The molecular weight excluding hydrogens is 320 g/mol. The molecule has 1 saturated heterocycles. The zero-order valence-corrected chi connectivity index (χ0v) is 15.2. The van der Waals surface area contributed by atoms with E-state index in [0.29, 0.717) is 5.82 Å². The normalized spacial score (nSPS) is 14.9. The lowest BCUT2D eigenvalue weighted by molar-refractivity contribution is 0.605. The van der Waals surface area contributed by atoms with Gasteiger partial charge in [0.05, 0.1) is 0 Å². The van der Waals surface area contributed by atoms with Gasteiger partial charge in [-0.1, -0.05) is 6.92 Å². The minimum absolute atomic E-state index is 0.278. The number of rotatable bonds is 3. The highest BCUT2D eigenvalue weighted by molar-refractivity contribution is 5.51. The van der Waals surface area contributed by atoms with E-state index < -0.39 is 0 Å². The summed E-state index contributed by atoms with van der Waals surface area (Å²) >= 11 is 0. The van der Waals surface area contributed by atoms with Crippen LogP contribution in [0, 0.1) is 6.92 Å². The Kier molecular flexibility index (Phi) is 4.61. The molecule has 0 aliphatic carbocycles. The fourth-order valence-corrected chi connectivity index (χ4v) is 3.35. The van der Waals surface area contributed by atoms with E-state index >= 15 is 0 Å². The van der Waals surface area contributed by atoms with Crippen molar-refractivity contribution in [2.45, 2.75) is 20.3 Å². The molecule has 2 aromatic rings. The van der Waals surface area contributed by atoms with Gasteiger partial charge in [0, 0.05) is 57.6 Å². The average Bonchev–Trinajstić information content (AvgIpc) is 2.63. The van der Waals surface area contributed by atoms with Crippen molar-refractivity contribution >= 4 is 11.6 Å². The quantitative estimate of drug-likeness (QED) is 0.784. The molecule has 0 atom stereocenters. The monoisotopic (exact) mass is 344 g/mol. The van der Waals surface area contributed by atoms with Crippen LogP contribution < -0.4 is 21.0 Å². The summed E-state index contributed by atoms with van der Waals surface area (Å²) in [7, 11) is 3.20. The molecule has 0 radical (unpaired) electrons. The van der Waals surface area contributed by atoms with Gasteiger partial charge in [-0.15, -0.1) is 0 Å². The Balaban J connectivity index is 1.83. The van der Waals surface area contributed by atoms with Crippen molar-refractivity contribution in [1.82, 2.24) is 19.1 Å². The van der Waals surface area contributed by atoms with Crippen LogP contribution in [0.1, 0.15) is 18.2 Å². The van der Waals surface area contributed by atoms with Gasteiger partial charge in [-0.05, 0) is 13.3 Å². The Bertz CT molecular complexity index is 893. The van der Waals surface area contributed by atoms with Crippen LogP contribution in [0.2, 0.25) is 0 Å². The van der Waals surface area contributed by atoms with Crippen LogP contribution >= 0.6 is 0 Å². The molecule has 0 aromatic carbocycles.